The van der Waals surface area contributed by atoms with E-state index in [1.54, 1.807) is 20.8 Å². The lowest BCUT2D eigenvalue weighted by Gasteiger charge is -2.26. The third-order valence-electron chi connectivity index (χ3n) is 2.50. The second kappa shape index (κ2) is 5.69. The van der Waals surface area contributed by atoms with Gasteiger partial charge in [-0.25, -0.2) is 9.63 Å². The molecule has 2 atom stereocenters. The van der Waals surface area contributed by atoms with Crippen LogP contribution >= 0.6 is 0 Å². The van der Waals surface area contributed by atoms with E-state index in [0.717, 1.165) is 19.3 Å². The van der Waals surface area contributed by atoms with Crippen molar-refractivity contribution < 1.29 is 19.5 Å². The van der Waals surface area contributed by atoms with Crippen LogP contribution in [-0.2, 0) is 9.57 Å². The highest BCUT2D eigenvalue weighted by Gasteiger charge is 2.37. The Morgan fingerprint density at radius 2 is 2.18 bits per heavy atom. The van der Waals surface area contributed by atoms with Crippen molar-refractivity contribution >= 4 is 6.09 Å². The Morgan fingerprint density at radius 3 is 2.71 bits per heavy atom. The zero-order valence-electron chi connectivity index (χ0n) is 11.1. The van der Waals surface area contributed by atoms with Gasteiger partial charge in [-0.15, -0.1) is 0 Å². The lowest BCUT2D eigenvalue weighted by Crippen LogP contribution is -2.39. The average Bonchev–Trinajstić information content (AvgIpc) is 2.54. The summed E-state index contributed by atoms with van der Waals surface area (Å²) in [4.78, 5) is 16.9. The monoisotopic (exact) mass is 245 g/mol. The summed E-state index contributed by atoms with van der Waals surface area (Å²) >= 11 is 0. The third-order valence-corrected chi connectivity index (χ3v) is 2.50. The first-order valence-corrected chi connectivity index (χ1v) is 6.20. The lowest BCUT2D eigenvalue weighted by molar-refractivity contribution is -0.206. The lowest BCUT2D eigenvalue weighted by atomic mass is 10.1. The summed E-state index contributed by atoms with van der Waals surface area (Å²) < 4.78 is 5.23. The van der Waals surface area contributed by atoms with Crippen molar-refractivity contribution in [1.82, 2.24) is 5.06 Å². The second-order valence-corrected chi connectivity index (χ2v) is 5.40. The molecule has 0 aromatic rings. The van der Waals surface area contributed by atoms with Gasteiger partial charge in [0.1, 0.15) is 5.60 Å². The Bertz CT molecular complexity index is 262. The van der Waals surface area contributed by atoms with E-state index >= 15 is 0 Å². The fourth-order valence-corrected chi connectivity index (χ4v) is 1.76. The molecular weight excluding hydrogens is 222 g/mol. The van der Waals surface area contributed by atoms with Gasteiger partial charge in [-0.3, -0.25) is 0 Å². The van der Waals surface area contributed by atoms with Crippen molar-refractivity contribution in [2.75, 3.05) is 0 Å². The topological polar surface area (TPSA) is 59.0 Å². The number of carbonyl (C=O) groups is 1. The standard InChI is InChI=1S/C12H23NO4/c1-5-6-7-9-8-10(14)17-13(9)11(15)16-12(2,3)4/h9-10,14H,5-8H2,1-4H3/t9-,10+/m1/s1. The molecule has 1 amide bonds. The van der Waals surface area contributed by atoms with Gasteiger partial charge >= 0.3 is 6.09 Å². The SMILES string of the molecule is CCCC[C@@H]1C[C@@H](O)ON1C(=O)OC(C)(C)C. The minimum Gasteiger partial charge on any atom is -0.442 e. The first-order valence-electron chi connectivity index (χ1n) is 6.20. The highest BCUT2D eigenvalue weighted by atomic mass is 16.8. The minimum absolute atomic E-state index is 0.0835. The van der Waals surface area contributed by atoms with Crippen LogP contribution in [0.15, 0.2) is 0 Å². The van der Waals surface area contributed by atoms with Crippen molar-refractivity contribution in [2.45, 2.75) is 71.3 Å². The number of unbranched alkanes of at least 4 members (excludes halogenated alkanes) is 1. The number of hydrogen-bond donors (Lipinski definition) is 1. The van der Waals surface area contributed by atoms with Crippen LogP contribution in [0, 0.1) is 0 Å². The smallest absolute Gasteiger partial charge is 0.434 e. The van der Waals surface area contributed by atoms with Gasteiger partial charge in [0.25, 0.3) is 0 Å². The van der Waals surface area contributed by atoms with E-state index in [9.17, 15) is 9.90 Å². The third kappa shape index (κ3) is 4.52. The summed E-state index contributed by atoms with van der Waals surface area (Å²) in [7, 11) is 0. The fraction of sp³-hybridized carbons (Fsp3) is 0.917. The molecule has 5 heteroatoms. The van der Waals surface area contributed by atoms with Gasteiger partial charge in [-0.2, -0.15) is 5.06 Å². The molecule has 17 heavy (non-hydrogen) atoms. The molecule has 100 valence electrons. The molecule has 0 aliphatic carbocycles. The number of carbonyl (C=O) groups excluding carboxylic acids is 1. The Balaban J connectivity index is 2.57. The Hall–Kier alpha value is -0.810. The molecule has 1 heterocycles. The van der Waals surface area contributed by atoms with Crippen LogP contribution in [0.3, 0.4) is 0 Å². The molecule has 5 nitrogen and oxygen atoms in total. The molecule has 0 bridgehead atoms. The molecule has 0 aromatic carbocycles. The second-order valence-electron chi connectivity index (χ2n) is 5.40. The minimum atomic E-state index is -0.899. The first kappa shape index (κ1) is 14.3. The maximum Gasteiger partial charge on any atom is 0.434 e. The van der Waals surface area contributed by atoms with Gasteiger partial charge in [0.15, 0.2) is 6.29 Å². The van der Waals surface area contributed by atoms with Crippen LogP contribution in [0.4, 0.5) is 4.79 Å². The summed E-state index contributed by atoms with van der Waals surface area (Å²) in [5.74, 6) is 0. The number of aliphatic hydroxyl groups excluding tert-OH is 1. The number of nitrogens with zero attached hydrogens (tertiary/aromatic N) is 1. The van der Waals surface area contributed by atoms with Gasteiger partial charge in [-0.05, 0) is 27.2 Å². The molecule has 1 aliphatic heterocycles. The van der Waals surface area contributed by atoms with Crippen molar-refractivity contribution in [1.29, 1.82) is 0 Å². The molecule has 1 aliphatic rings. The summed E-state index contributed by atoms with van der Waals surface area (Å²) in [6.45, 7) is 7.50. The molecule has 1 saturated heterocycles. The van der Waals surface area contributed by atoms with E-state index in [1.807, 2.05) is 0 Å². The first-order chi connectivity index (χ1) is 7.83. The van der Waals surface area contributed by atoms with E-state index in [-0.39, 0.29) is 6.04 Å². The normalized spacial score (nSPS) is 25.1. The highest BCUT2D eigenvalue weighted by molar-refractivity contribution is 5.67. The Kier molecular flexibility index (Phi) is 4.77. The van der Waals surface area contributed by atoms with Crippen molar-refractivity contribution in [3.05, 3.63) is 0 Å². The largest absolute Gasteiger partial charge is 0.442 e. The quantitative estimate of drug-likeness (QED) is 0.829. The number of amides is 1. The molecule has 0 spiro atoms. The van der Waals surface area contributed by atoms with Gasteiger partial charge in [0, 0.05) is 6.42 Å². The molecule has 1 fully saturated rings. The van der Waals surface area contributed by atoms with E-state index in [1.165, 1.54) is 5.06 Å². The molecule has 0 saturated carbocycles. The summed E-state index contributed by atoms with van der Waals surface area (Å²) in [6, 6.07) is -0.0835. The molecular formula is C12H23NO4. The Morgan fingerprint density at radius 1 is 1.53 bits per heavy atom. The van der Waals surface area contributed by atoms with Crippen LogP contribution in [0.25, 0.3) is 0 Å². The zero-order chi connectivity index (χ0) is 13.1. The summed E-state index contributed by atoms with van der Waals surface area (Å²) in [6.07, 6.45) is 1.92. The van der Waals surface area contributed by atoms with Crippen LogP contribution in [0.1, 0.15) is 53.4 Å². The number of rotatable bonds is 3. The predicted octanol–water partition coefficient (Wildman–Crippen LogP) is 2.44. The zero-order valence-corrected chi connectivity index (χ0v) is 11.1. The van der Waals surface area contributed by atoms with Gasteiger partial charge in [0.2, 0.25) is 0 Å². The summed E-state index contributed by atoms with van der Waals surface area (Å²) in [5.41, 5.74) is -0.552. The maximum absolute atomic E-state index is 11.8. The Labute approximate surface area is 103 Å². The van der Waals surface area contributed by atoms with Gasteiger partial charge < -0.3 is 9.84 Å². The van der Waals surface area contributed by atoms with Crippen molar-refractivity contribution in [2.24, 2.45) is 0 Å². The average molecular weight is 245 g/mol. The van der Waals surface area contributed by atoms with Crippen molar-refractivity contribution in [3.8, 4) is 0 Å². The van der Waals surface area contributed by atoms with Crippen LogP contribution in [0.5, 0.6) is 0 Å². The number of ether oxygens (including phenoxy) is 1. The summed E-state index contributed by atoms with van der Waals surface area (Å²) in [5, 5.41) is 10.6. The van der Waals surface area contributed by atoms with E-state index < -0.39 is 18.0 Å². The van der Waals surface area contributed by atoms with Crippen molar-refractivity contribution in [3.63, 3.8) is 0 Å². The maximum atomic E-state index is 11.8. The van der Waals surface area contributed by atoms with Crippen LogP contribution in [0.2, 0.25) is 0 Å². The van der Waals surface area contributed by atoms with Crippen LogP contribution < -0.4 is 0 Å². The highest BCUT2D eigenvalue weighted by Crippen LogP contribution is 2.25. The molecule has 0 aromatic heterocycles. The van der Waals surface area contributed by atoms with Crippen LogP contribution in [-0.4, -0.2) is 34.2 Å². The molecule has 1 rings (SSSR count). The van der Waals surface area contributed by atoms with E-state index in [2.05, 4.69) is 6.92 Å². The number of hydrogen-bond acceptors (Lipinski definition) is 4. The fourth-order valence-electron chi connectivity index (χ4n) is 1.76. The molecule has 1 N–H and O–H groups in total. The van der Waals surface area contributed by atoms with E-state index in [0.29, 0.717) is 6.42 Å². The van der Waals surface area contributed by atoms with E-state index in [4.69, 9.17) is 9.57 Å². The predicted molar refractivity (Wildman–Crippen MR) is 63.1 cm³/mol. The molecule has 0 unspecified atom stereocenters. The molecule has 0 radical (unpaired) electrons. The number of hydroxylamine groups is 2. The van der Waals surface area contributed by atoms with Gasteiger partial charge in [-0.1, -0.05) is 19.8 Å². The van der Waals surface area contributed by atoms with Gasteiger partial charge in [0.05, 0.1) is 6.04 Å². The number of aliphatic hydroxyl groups is 1.